The maximum absolute atomic E-state index is 12.9. The Hall–Kier alpha value is -3.51. The minimum Gasteiger partial charge on any atom is -0.487 e. The number of rotatable bonds is 8. The second-order valence-electron chi connectivity index (χ2n) is 7.84. The van der Waals surface area contributed by atoms with E-state index in [1.165, 1.54) is 34.6 Å². The number of ketones is 1. The minimum absolute atomic E-state index is 0.0104. The first-order chi connectivity index (χ1) is 16.2. The molecule has 0 saturated carbocycles. The number of nitro groups is 1. The summed E-state index contributed by atoms with van der Waals surface area (Å²) in [5.41, 5.74) is -0.0460. The molecule has 3 aromatic rings. The zero-order valence-electron chi connectivity index (χ0n) is 18.4. The fraction of sp³-hybridized carbons (Fsp3) is 0.364. The maximum Gasteiger partial charge on any atom is 0.420 e. The van der Waals surface area contributed by atoms with Gasteiger partial charge in [0.2, 0.25) is 10.0 Å². The van der Waals surface area contributed by atoms with E-state index in [4.69, 9.17) is 9.15 Å². The monoisotopic (exact) mass is 489 g/mol. The van der Waals surface area contributed by atoms with Gasteiger partial charge in [-0.25, -0.2) is 13.2 Å². The molecule has 0 N–H and O–H groups in total. The van der Waals surface area contributed by atoms with Crippen LogP contribution in [0.25, 0.3) is 11.1 Å². The Labute approximate surface area is 194 Å². The van der Waals surface area contributed by atoms with Crippen molar-refractivity contribution in [1.29, 1.82) is 0 Å². The van der Waals surface area contributed by atoms with Crippen molar-refractivity contribution < 1.29 is 27.3 Å². The fourth-order valence-electron chi connectivity index (χ4n) is 3.96. The van der Waals surface area contributed by atoms with Crippen LogP contribution in [0.4, 0.5) is 5.69 Å². The highest BCUT2D eigenvalue weighted by Gasteiger charge is 2.27. The number of carbonyl (C=O) groups excluding carboxylic acids is 1. The summed E-state index contributed by atoms with van der Waals surface area (Å²) in [5, 5.41) is 11.3. The van der Waals surface area contributed by atoms with Crippen molar-refractivity contribution in [3.63, 3.8) is 0 Å². The van der Waals surface area contributed by atoms with Crippen molar-refractivity contribution in [1.82, 2.24) is 8.87 Å². The Balaban J connectivity index is 1.64. The smallest absolute Gasteiger partial charge is 0.420 e. The standard InChI is InChI=1S/C22H23N3O8S/c1-2-32-20-9-6-15(12-18(20)25(28)29)19(26)14-24-17-8-7-16(13-21(17)33-22(24)27)34(30,31)23-10-4-3-5-11-23/h6-9,12-13H,2-5,10-11,14H2,1H3. The zero-order valence-corrected chi connectivity index (χ0v) is 19.2. The normalized spacial score (nSPS) is 14.9. The van der Waals surface area contributed by atoms with Crippen LogP contribution in [0.5, 0.6) is 5.75 Å². The molecule has 11 nitrogen and oxygen atoms in total. The Kier molecular flexibility index (Phi) is 6.53. The van der Waals surface area contributed by atoms with E-state index in [0.29, 0.717) is 13.1 Å². The first-order valence-corrected chi connectivity index (χ1v) is 12.2. The van der Waals surface area contributed by atoms with Crippen LogP contribution in [0.3, 0.4) is 0 Å². The zero-order chi connectivity index (χ0) is 24.5. The number of hydrogen-bond donors (Lipinski definition) is 0. The Bertz CT molecular complexity index is 1420. The summed E-state index contributed by atoms with van der Waals surface area (Å²) in [5.74, 6) is -1.35. The highest BCUT2D eigenvalue weighted by Crippen LogP contribution is 2.29. The molecular weight excluding hydrogens is 466 g/mol. The Morgan fingerprint density at radius 2 is 1.88 bits per heavy atom. The third kappa shape index (κ3) is 4.46. The van der Waals surface area contributed by atoms with Crippen LogP contribution in [-0.4, -0.2) is 47.7 Å². The lowest BCUT2D eigenvalue weighted by atomic mass is 10.1. The number of oxazole rings is 1. The molecule has 1 aliphatic rings. The molecule has 1 fully saturated rings. The van der Waals surface area contributed by atoms with E-state index in [2.05, 4.69) is 0 Å². The molecule has 0 spiro atoms. The molecule has 0 unspecified atom stereocenters. The average Bonchev–Trinajstić information content (AvgIpc) is 3.14. The number of carbonyl (C=O) groups is 1. The lowest BCUT2D eigenvalue weighted by Gasteiger charge is -2.25. The average molecular weight is 490 g/mol. The number of piperidine rings is 1. The fourth-order valence-corrected chi connectivity index (χ4v) is 5.49. The Morgan fingerprint density at radius 1 is 1.15 bits per heavy atom. The third-order valence-corrected chi connectivity index (χ3v) is 7.57. The predicted molar refractivity (Wildman–Crippen MR) is 122 cm³/mol. The summed E-state index contributed by atoms with van der Waals surface area (Å²) in [4.78, 5) is 36.0. The molecule has 4 rings (SSSR count). The second-order valence-corrected chi connectivity index (χ2v) is 9.78. The first-order valence-electron chi connectivity index (χ1n) is 10.8. The minimum atomic E-state index is -3.73. The molecule has 0 aliphatic carbocycles. The van der Waals surface area contributed by atoms with Crippen molar-refractivity contribution in [3.05, 3.63) is 62.6 Å². The molecule has 34 heavy (non-hydrogen) atoms. The summed E-state index contributed by atoms with van der Waals surface area (Å²) in [6.45, 7) is 2.35. The van der Waals surface area contributed by atoms with Crippen LogP contribution < -0.4 is 10.5 Å². The summed E-state index contributed by atoms with van der Waals surface area (Å²) in [6.07, 6.45) is 2.56. The van der Waals surface area contributed by atoms with E-state index < -0.39 is 33.0 Å². The van der Waals surface area contributed by atoms with E-state index >= 15 is 0 Å². The van der Waals surface area contributed by atoms with E-state index in [-0.39, 0.29) is 39.6 Å². The molecule has 1 aliphatic heterocycles. The van der Waals surface area contributed by atoms with E-state index in [1.54, 1.807) is 6.92 Å². The molecule has 2 heterocycles. The first kappa shape index (κ1) is 23.6. The van der Waals surface area contributed by atoms with E-state index in [1.807, 2.05) is 0 Å². The molecule has 12 heteroatoms. The number of ether oxygens (including phenoxy) is 1. The molecule has 0 bridgehead atoms. The molecule has 180 valence electrons. The molecule has 1 saturated heterocycles. The van der Waals surface area contributed by atoms with Crippen molar-refractivity contribution in [2.45, 2.75) is 37.6 Å². The lowest BCUT2D eigenvalue weighted by Crippen LogP contribution is -2.35. The van der Waals surface area contributed by atoms with E-state index in [9.17, 15) is 28.1 Å². The number of Topliss-reactive ketones (excluding diaryl/α,β-unsaturated/α-hetero) is 1. The SMILES string of the molecule is CCOc1ccc(C(=O)Cn2c(=O)oc3cc(S(=O)(=O)N4CCCCC4)ccc32)cc1[N+](=O)[O-]. The highest BCUT2D eigenvalue weighted by molar-refractivity contribution is 7.89. The lowest BCUT2D eigenvalue weighted by molar-refractivity contribution is -0.385. The highest BCUT2D eigenvalue weighted by atomic mass is 32.2. The number of nitrogens with zero attached hydrogens (tertiary/aromatic N) is 3. The summed E-state index contributed by atoms with van der Waals surface area (Å²) >= 11 is 0. The molecule has 0 radical (unpaired) electrons. The number of aromatic nitrogens is 1. The Morgan fingerprint density at radius 3 is 2.56 bits per heavy atom. The summed E-state index contributed by atoms with van der Waals surface area (Å²) in [6, 6.07) is 7.90. The van der Waals surface area contributed by atoms with Gasteiger partial charge in [0.1, 0.15) is 0 Å². The molecule has 2 aromatic carbocycles. The van der Waals surface area contributed by atoms with Crippen LogP contribution in [0, 0.1) is 10.1 Å². The molecule has 0 amide bonds. The van der Waals surface area contributed by atoms with Gasteiger partial charge < -0.3 is 9.15 Å². The van der Waals surface area contributed by atoms with Gasteiger partial charge in [0.05, 0.1) is 28.5 Å². The number of hydrogen-bond acceptors (Lipinski definition) is 8. The topological polar surface area (TPSA) is 142 Å². The van der Waals surface area contributed by atoms with Crippen LogP contribution in [0.1, 0.15) is 36.5 Å². The second kappa shape index (κ2) is 9.39. The van der Waals surface area contributed by atoms with Crippen molar-refractivity contribution in [2.24, 2.45) is 0 Å². The molecular formula is C22H23N3O8S. The third-order valence-electron chi connectivity index (χ3n) is 5.67. The maximum atomic E-state index is 12.9. The van der Waals surface area contributed by atoms with Gasteiger partial charge >= 0.3 is 11.4 Å². The van der Waals surface area contributed by atoms with Crippen LogP contribution >= 0.6 is 0 Å². The van der Waals surface area contributed by atoms with Crippen molar-refractivity contribution in [2.75, 3.05) is 19.7 Å². The summed E-state index contributed by atoms with van der Waals surface area (Å²) in [7, 11) is -3.73. The van der Waals surface area contributed by atoms with Gasteiger partial charge in [0, 0.05) is 30.8 Å². The van der Waals surface area contributed by atoms with Gasteiger partial charge in [-0.3, -0.25) is 19.5 Å². The quantitative estimate of drug-likeness (QED) is 0.267. The number of benzene rings is 2. The number of nitro benzene ring substituents is 1. The van der Waals surface area contributed by atoms with Gasteiger partial charge in [-0.15, -0.1) is 0 Å². The number of sulfonamides is 1. The van der Waals surface area contributed by atoms with Gasteiger partial charge in [0.15, 0.2) is 17.1 Å². The largest absolute Gasteiger partial charge is 0.487 e. The van der Waals surface area contributed by atoms with E-state index in [0.717, 1.165) is 29.9 Å². The van der Waals surface area contributed by atoms with Crippen LogP contribution in [0.2, 0.25) is 0 Å². The van der Waals surface area contributed by atoms with Gasteiger partial charge in [-0.2, -0.15) is 4.31 Å². The van der Waals surface area contributed by atoms with Gasteiger partial charge in [0.25, 0.3) is 0 Å². The van der Waals surface area contributed by atoms with Crippen LogP contribution in [0.15, 0.2) is 50.5 Å². The van der Waals surface area contributed by atoms with Crippen molar-refractivity contribution in [3.8, 4) is 5.75 Å². The van der Waals surface area contributed by atoms with Gasteiger partial charge in [-0.1, -0.05) is 6.42 Å². The van der Waals surface area contributed by atoms with Crippen molar-refractivity contribution >= 4 is 32.6 Å². The summed E-state index contributed by atoms with van der Waals surface area (Å²) < 4.78 is 38.8. The molecule has 0 atom stereocenters. The number of fused-ring (bicyclic) bond motifs is 1. The van der Waals surface area contributed by atoms with Crippen LogP contribution in [-0.2, 0) is 16.6 Å². The van der Waals surface area contributed by atoms with Gasteiger partial charge in [-0.05, 0) is 44.0 Å². The molecule has 1 aromatic heterocycles. The predicted octanol–water partition coefficient (Wildman–Crippen LogP) is 2.96.